The summed E-state index contributed by atoms with van der Waals surface area (Å²) in [5.74, 6) is 0.0204. The molecule has 2 amide bonds. The van der Waals surface area contributed by atoms with Crippen molar-refractivity contribution in [3.63, 3.8) is 0 Å². The molecule has 2 N–H and O–H groups in total. The maximum absolute atomic E-state index is 12.7. The number of carbonyl (C=O) groups excluding carboxylic acids is 2. The highest BCUT2D eigenvalue weighted by Crippen LogP contribution is 2.19. The predicted molar refractivity (Wildman–Crippen MR) is 111 cm³/mol. The van der Waals surface area contributed by atoms with Crippen molar-refractivity contribution in [3.8, 4) is 0 Å². The van der Waals surface area contributed by atoms with Gasteiger partial charge >= 0.3 is 0 Å². The van der Waals surface area contributed by atoms with Gasteiger partial charge in [0.1, 0.15) is 5.65 Å². The number of benzene rings is 1. The first-order valence-electron chi connectivity index (χ1n) is 9.84. The van der Waals surface area contributed by atoms with Gasteiger partial charge in [-0.15, -0.1) is 0 Å². The summed E-state index contributed by atoms with van der Waals surface area (Å²) < 4.78 is 0. The van der Waals surface area contributed by atoms with Crippen LogP contribution in [0.5, 0.6) is 0 Å². The van der Waals surface area contributed by atoms with E-state index in [-0.39, 0.29) is 11.8 Å². The maximum atomic E-state index is 12.7. The molecule has 3 heterocycles. The zero-order valence-electron chi connectivity index (χ0n) is 16.5. The Kier molecular flexibility index (Phi) is 5.57. The summed E-state index contributed by atoms with van der Waals surface area (Å²) in [5.41, 5.74) is 3.22. The molecule has 0 unspecified atom stereocenters. The van der Waals surface area contributed by atoms with E-state index in [4.69, 9.17) is 0 Å². The highest BCUT2D eigenvalue weighted by atomic mass is 16.2. The number of likely N-dealkylation sites (N-methyl/N-ethyl adjacent to an activating group) is 1. The molecule has 0 radical (unpaired) electrons. The Morgan fingerprint density at radius 3 is 2.66 bits per heavy atom. The van der Waals surface area contributed by atoms with Gasteiger partial charge in [-0.2, -0.15) is 0 Å². The van der Waals surface area contributed by atoms with Crippen molar-refractivity contribution >= 4 is 22.8 Å². The first-order chi connectivity index (χ1) is 14.1. The van der Waals surface area contributed by atoms with Gasteiger partial charge in [0.05, 0.1) is 6.42 Å². The monoisotopic (exact) mass is 391 g/mol. The number of fused-ring (bicyclic) bond motifs is 1. The normalized spacial score (nSPS) is 14.9. The fourth-order valence-corrected chi connectivity index (χ4v) is 3.55. The summed E-state index contributed by atoms with van der Waals surface area (Å²) in [4.78, 5) is 36.7. The molecule has 29 heavy (non-hydrogen) atoms. The van der Waals surface area contributed by atoms with Gasteiger partial charge in [-0.05, 0) is 36.4 Å². The molecule has 7 heteroatoms. The zero-order chi connectivity index (χ0) is 20.2. The highest BCUT2D eigenvalue weighted by Gasteiger charge is 2.20. The van der Waals surface area contributed by atoms with Crippen molar-refractivity contribution in [1.82, 2.24) is 25.1 Å². The number of hydrogen-bond donors (Lipinski definition) is 2. The van der Waals surface area contributed by atoms with Gasteiger partial charge in [-0.25, -0.2) is 4.98 Å². The Morgan fingerprint density at radius 1 is 1.14 bits per heavy atom. The van der Waals surface area contributed by atoms with Gasteiger partial charge in [0.15, 0.2) is 0 Å². The van der Waals surface area contributed by atoms with Crippen LogP contribution in [0.15, 0.2) is 48.8 Å². The molecule has 7 nitrogen and oxygen atoms in total. The second-order valence-electron chi connectivity index (χ2n) is 7.46. The second-order valence-corrected chi connectivity index (χ2v) is 7.46. The van der Waals surface area contributed by atoms with Crippen molar-refractivity contribution in [1.29, 1.82) is 0 Å². The first-order valence-corrected chi connectivity index (χ1v) is 9.84. The van der Waals surface area contributed by atoms with Crippen LogP contribution in [0, 0.1) is 0 Å². The molecule has 0 aliphatic carbocycles. The highest BCUT2D eigenvalue weighted by molar-refractivity contribution is 5.94. The molecule has 2 aromatic heterocycles. The average molecular weight is 391 g/mol. The molecule has 1 aliphatic rings. The third kappa shape index (κ3) is 4.46. The molecule has 1 fully saturated rings. The third-order valence-electron chi connectivity index (χ3n) is 5.36. The standard InChI is InChI=1S/C22H25N5O2/c1-26-7-9-27(10-8-26)20(28)12-18-15-24-21-19(18)11-16(13-23-21)14-25-22(29)17-5-3-2-4-6-17/h2-6,11,13,15H,7-10,12,14H2,1H3,(H,23,24)(H,25,29). The van der Waals surface area contributed by atoms with E-state index < -0.39 is 0 Å². The fraction of sp³-hybridized carbons (Fsp3) is 0.318. The number of nitrogens with one attached hydrogen (secondary N) is 2. The Morgan fingerprint density at radius 2 is 1.90 bits per heavy atom. The SMILES string of the molecule is CN1CCN(C(=O)Cc2c[nH]c3ncc(CNC(=O)c4ccccc4)cc23)CC1. The van der Waals surface area contributed by atoms with E-state index in [1.807, 2.05) is 35.4 Å². The number of carbonyl (C=O) groups is 2. The van der Waals surface area contributed by atoms with Crippen LogP contribution in [0.3, 0.4) is 0 Å². The average Bonchev–Trinajstić information content (AvgIpc) is 3.15. The van der Waals surface area contributed by atoms with Crippen molar-refractivity contribution in [3.05, 3.63) is 65.5 Å². The van der Waals surface area contributed by atoms with Crippen LogP contribution in [-0.4, -0.2) is 64.8 Å². The van der Waals surface area contributed by atoms with Gasteiger partial charge in [0.2, 0.25) is 5.91 Å². The van der Waals surface area contributed by atoms with Crippen molar-refractivity contribution < 1.29 is 9.59 Å². The smallest absolute Gasteiger partial charge is 0.251 e. The number of H-pyrrole nitrogens is 1. The Labute approximate surface area is 169 Å². The zero-order valence-corrected chi connectivity index (χ0v) is 16.5. The molecule has 0 spiro atoms. The molecule has 1 aliphatic heterocycles. The summed E-state index contributed by atoms with van der Waals surface area (Å²) in [6.45, 7) is 3.74. The van der Waals surface area contributed by atoms with Crippen molar-refractivity contribution in [2.24, 2.45) is 0 Å². The number of pyridine rings is 1. The summed E-state index contributed by atoms with van der Waals surface area (Å²) in [5, 5.41) is 3.85. The number of nitrogens with zero attached hydrogens (tertiary/aromatic N) is 3. The summed E-state index contributed by atoms with van der Waals surface area (Å²) in [6.07, 6.45) is 3.96. The van der Waals surface area contributed by atoms with Gasteiger partial charge in [0.25, 0.3) is 5.91 Å². The van der Waals surface area contributed by atoms with Crippen LogP contribution in [0.25, 0.3) is 11.0 Å². The van der Waals surface area contributed by atoms with Crippen LogP contribution in [-0.2, 0) is 17.8 Å². The summed E-state index contributed by atoms with van der Waals surface area (Å²) >= 11 is 0. The minimum Gasteiger partial charge on any atom is -0.348 e. The Balaban J connectivity index is 1.43. The lowest BCUT2D eigenvalue weighted by atomic mass is 10.1. The van der Waals surface area contributed by atoms with Crippen LogP contribution in [0.2, 0.25) is 0 Å². The number of aromatic amines is 1. The van der Waals surface area contributed by atoms with Crippen molar-refractivity contribution in [2.75, 3.05) is 33.2 Å². The van der Waals surface area contributed by atoms with Crippen LogP contribution < -0.4 is 5.32 Å². The maximum Gasteiger partial charge on any atom is 0.251 e. The quantitative estimate of drug-likeness (QED) is 0.695. The third-order valence-corrected chi connectivity index (χ3v) is 5.36. The molecule has 1 saturated heterocycles. The van der Waals surface area contributed by atoms with Gasteiger partial charge < -0.3 is 20.1 Å². The lowest BCUT2D eigenvalue weighted by Gasteiger charge is -2.32. The minimum absolute atomic E-state index is 0.120. The van der Waals surface area contributed by atoms with Crippen molar-refractivity contribution in [2.45, 2.75) is 13.0 Å². The topological polar surface area (TPSA) is 81.3 Å². The lowest BCUT2D eigenvalue weighted by molar-refractivity contribution is -0.132. The fourth-order valence-electron chi connectivity index (χ4n) is 3.55. The molecular formula is C22H25N5O2. The Bertz CT molecular complexity index is 1010. The molecule has 0 atom stereocenters. The van der Waals surface area contributed by atoms with Crippen LogP contribution in [0.4, 0.5) is 0 Å². The van der Waals surface area contributed by atoms with E-state index in [2.05, 4.69) is 27.2 Å². The van der Waals surface area contributed by atoms with E-state index in [9.17, 15) is 9.59 Å². The number of amides is 2. The molecular weight excluding hydrogens is 366 g/mol. The largest absolute Gasteiger partial charge is 0.348 e. The second kappa shape index (κ2) is 8.45. The molecule has 0 saturated carbocycles. The first kappa shape index (κ1) is 19.1. The van der Waals surface area contributed by atoms with E-state index in [1.54, 1.807) is 18.3 Å². The van der Waals surface area contributed by atoms with E-state index >= 15 is 0 Å². The van der Waals surface area contributed by atoms with Gasteiger partial charge in [-0.1, -0.05) is 18.2 Å². The van der Waals surface area contributed by atoms with E-state index in [0.29, 0.717) is 18.5 Å². The van der Waals surface area contributed by atoms with Gasteiger partial charge in [-0.3, -0.25) is 9.59 Å². The van der Waals surface area contributed by atoms with E-state index in [1.165, 1.54) is 0 Å². The molecule has 1 aromatic carbocycles. The minimum atomic E-state index is -0.120. The summed E-state index contributed by atoms with van der Waals surface area (Å²) in [7, 11) is 2.07. The molecule has 4 rings (SSSR count). The van der Waals surface area contributed by atoms with Gasteiger partial charge in [0, 0.05) is 56.1 Å². The summed E-state index contributed by atoms with van der Waals surface area (Å²) in [6, 6.07) is 11.1. The molecule has 150 valence electrons. The number of piperazine rings is 1. The van der Waals surface area contributed by atoms with Crippen LogP contribution in [0.1, 0.15) is 21.5 Å². The molecule has 3 aromatic rings. The number of rotatable bonds is 5. The molecule has 0 bridgehead atoms. The Hall–Kier alpha value is -3.19. The lowest BCUT2D eigenvalue weighted by Crippen LogP contribution is -2.47. The van der Waals surface area contributed by atoms with E-state index in [0.717, 1.165) is 48.3 Å². The number of aromatic nitrogens is 2. The predicted octanol–water partition coefficient (Wildman–Crippen LogP) is 1.81. The van der Waals surface area contributed by atoms with Crippen LogP contribution >= 0.6 is 0 Å². The number of hydrogen-bond acceptors (Lipinski definition) is 4.